The Morgan fingerprint density at radius 1 is 1.11 bits per heavy atom. The first-order chi connectivity index (χ1) is 12.9. The van der Waals surface area contributed by atoms with Gasteiger partial charge in [-0.25, -0.2) is 8.42 Å². The molecule has 1 unspecified atom stereocenters. The zero-order chi connectivity index (χ0) is 19.4. The maximum absolute atomic E-state index is 12.6. The topological polar surface area (TPSA) is 64.0 Å². The normalized spacial score (nSPS) is 12.7. The van der Waals surface area contributed by atoms with E-state index in [1.807, 2.05) is 36.4 Å². The Morgan fingerprint density at radius 2 is 1.78 bits per heavy atom. The molecule has 3 rings (SSSR count). The maximum Gasteiger partial charge on any atom is 0.261 e. The van der Waals surface area contributed by atoms with Crippen molar-refractivity contribution in [1.29, 1.82) is 0 Å². The van der Waals surface area contributed by atoms with Crippen LogP contribution in [0.3, 0.4) is 0 Å². The summed E-state index contributed by atoms with van der Waals surface area (Å²) in [5.41, 5.74) is 2.58. The van der Waals surface area contributed by atoms with Gasteiger partial charge in [0, 0.05) is 11.2 Å². The van der Waals surface area contributed by atoms with Gasteiger partial charge in [0.2, 0.25) is 0 Å². The molecule has 0 fully saturated rings. The van der Waals surface area contributed by atoms with Crippen LogP contribution in [-0.2, 0) is 16.6 Å². The van der Waals surface area contributed by atoms with Crippen molar-refractivity contribution in [1.82, 2.24) is 9.78 Å². The maximum atomic E-state index is 12.6. The van der Waals surface area contributed by atoms with Gasteiger partial charge in [-0.05, 0) is 47.7 Å². The summed E-state index contributed by atoms with van der Waals surface area (Å²) in [4.78, 5) is 0.236. The van der Waals surface area contributed by atoms with E-state index in [2.05, 4.69) is 23.7 Å². The number of anilines is 1. The SMILES string of the molecule is CCC(C)c1ccc(S(=O)(=O)Nc2cnn(Cc3ccc(Cl)cc3)c2)cc1. The summed E-state index contributed by atoms with van der Waals surface area (Å²) >= 11 is 5.89. The van der Waals surface area contributed by atoms with Crippen LogP contribution in [0.25, 0.3) is 0 Å². The van der Waals surface area contributed by atoms with Gasteiger partial charge in [-0.3, -0.25) is 9.40 Å². The molecule has 0 bridgehead atoms. The van der Waals surface area contributed by atoms with Gasteiger partial charge < -0.3 is 0 Å². The number of halogens is 1. The predicted octanol–water partition coefficient (Wildman–Crippen LogP) is 4.90. The summed E-state index contributed by atoms with van der Waals surface area (Å²) in [5, 5.41) is 4.89. The largest absolute Gasteiger partial charge is 0.276 e. The van der Waals surface area contributed by atoms with Gasteiger partial charge in [-0.1, -0.05) is 49.7 Å². The van der Waals surface area contributed by atoms with E-state index in [9.17, 15) is 8.42 Å². The minimum atomic E-state index is -3.65. The molecule has 1 N–H and O–H groups in total. The van der Waals surface area contributed by atoms with Crippen LogP contribution in [-0.4, -0.2) is 18.2 Å². The molecule has 142 valence electrons. The van der Waals surface area contributed by atoms with Gasteiger partial charge >= 0.3 is 0 Å². The van der Waals surface area contributed by atoms with Crippen molar-refractivity contribution < 1.29 is 8.42 Å². The predicted molar refractivity (Wildman–Crippen MR) is 109 cm³/mol. The first-order valence-electron chi connectivity index (χ1n) is 8.77. The molecule has 0 aliphatic rings. The molecule has 0 amide bonds. The molecule has 3 aromatic rings. The van der Waals surface area contributed by atoms with E-state index in [-0.39, 0.29) is 4.90 Å². The molecule has 0 saturated carbocycles. The number of benzene rings is 2. The molecule has 2 aromatic carbocycles. The highest BCUT2D eigenvalue weighted by Gasteiger charge is 2.16. The van der Waals surface area contributed by atoms with Crippen LogP contribution in [0.1, 0.15) is 37.3 Å². The first-order valence-corrected chi connectivity index (χ1v) is 10.6. The Labute approximate surface area is 165 Å². The fraction of sp³-hybridized carbons (Fsp3) is 0.250. The van der Waals surface area contributed by atoms with E-state index in [4.69, 9.17) is 11.6 Å². The van der Waals surface area contributed by atoms with Crippen LogP contribution >= 0.6 is 11.6 Å². The van der Waals surface area contributed by atoms with Crippen LogP contribution in [0.4, 0.5) is 5.69 Å². The average molecular weight is 404 g/mol. The summed E-state index contributed by atoms with van der Waals surface area (Å²) in [6.07, 6.45) is 4.18. The minimum Gasteiger partial charge on any atom is -0.276 e. The van der Waals surface area contributed by atoms with Crippen LogP contribution in [0, 0.1) is 0 Å². The minimum absolute atomic E-state index is 0.236. The molecule has 0 aliphatic carbocycles. The van der Waals surface area contributed by atoms with E-state index in [0.717, 1.165) is 17.5 Å². The lowest BCUT2D eigenvalue weighted by Crippen LogP contribution is -2.12. The lowest BCUT2D eigenvalue weighted by Gasteiger charge is -2.10. The zero-order valence-electron chi connectivity index (χ0n) is 15.3. The molecule has 1 aromatic heterocycles. The standard InChI is InChI=1S/C20H22ClN3O2S/c1-3-15(2)17-6-10-20(11-7-17)27(25,26)23-19-12-22-24(14-19)13-16-4-8-18(21)9-5-16/h4-12,14-15,23H,3,13H2,1-2H3. The second-order valence-electron chi connectivity index (χ2n) is 6.54. The fourth-order valence-corrected chi connectivity index (χ4v) is 3.86. The van der Waals surface area contributed by atoms with Crippen molar-refractivity contribution in [2.24, 2.45) is 0 Å². The number of rotatable bonds is 7. The van der Waals surface area contributed by atoms with Gasteiger partial charge in [0.05, 0.1) is 23.3 Å². The number of nitrogens with one attached hydrogen (secondary N) is 1. The van der Waals surface area contributed by atoms with Crippen molar-refractivity contribution in [2.75, 3.05) is 4.72 Å². The molecule has 1 heterocycles. The molecule has 0 spiro atoms. The molecule has 0 radical (unpaired) electrons. The van der Waals surface area contributed by atoms with E-state index in [0.29, 0.717) is 23.2 Å². The smallest absolute Gasteiger partial charge is 0.261 e. The Bertz CT molecular complexity index is 996. The monoisotopic (exact) mass is 403 g/mol. The molecule has 0 aliphatic heterocycles. The summed E-state index contributed by atoms with van der Waals surface area (Å²) < 4.78 is 29.4. The number of hydrogen-bond acceptors (Lipinski definition) is 3. The molecule has 27 heavy (non-hydrogen) atoms. The molecule has 7 heteroatoms. The lowest BCUT2D eigenvalue weighted by molar-refractivity contribution is 0.601. The zero-order valence-corrected chi connectivity index (χ0v) is 16.8. The molecular weight excluding hydrogens is 382 g/mol. The number of aromatic nitrogens is 2. The molecular formula is C20H22ClN3O2S. The van der Waals surface area contributed by atoms with Crippen LogP contribution in [0.5, 0.6) is 0 Å². The van der Waals surface area contributed by atoms with Crippen molar-refractivity contribution in [3.63, 3.8) is 0 Å². The summed E-state index contributed by atoms with van der Waals surface area (Å²) in [6, 6.07) is 14.5. The van der Waals surface area contributed by atoms with Crippen LogP contribution in [0.15, 0.2) is 65.8 Å². The van der Waals surface area contributed by atoms with Crippen molar-refractivity contribution in [2.45, 2.75) is 37.6 Å². The highest BCUT2D eigenvalue weighted by atomic mass is 35.5. The van der Waals surface area contributed by atoms with Crippen LogP contribution < -0.4 is 4.72 Å². The fourth-order valence-electron chi connectivity index (χ4n) is 2.70. The van der Waals surface area contributed by atoms with Gasteiger partial charge in [0.1, 0.15) is 0 Å². The quantitative estimate of drug-likeness (QED) is 0.610. The highest BCUT2D eigenvalue weighted by molar-refractivity contribution is 7.92. The molecule has 5 nitrogen and oxygen atoms in total. The second-order valence-corrected chi connectivity index (χ2v) is 8.66. The average Bonchev–Trinajstić information content (AvgIpc) is 3.09. The Kier molecular flexibility index (Phi) is 5.87. The van der Waals surface area contributed by atoms with Gasteiger partial charge in [0.25, 0.3) is 10.0 Å². The number of hydrogen-bond donors (Lipinski definition) is 1. The Hall–Kier alpha value is -2.31. The summed E-state index contributed by atoms with van der Waals surface area (Å²) in [7, 11) is -3.65. The highest BCUT2D eigenvalue weighted by Crippen LogP contribution is 2.22. The van der Waals surface area contributed by atoms with Crippen LogP contribution in [0.2, 0.25) is 5.02 Å². The third-order valence-corrected chi connectivity index (χ3v) is 6.16. The third kappa shape index (κ3) is 4.90. The summed E-state index contributed by atoms with van der Waals surface area (Å²) in [5.74, 6) is 0.404. The van der Waals surface area contributed by atoms with E-state index in [1.54, 1.807) is 23.0 Å². The Balaban J connectivity index is 1.70. The van der Waals surface area contributed by atoms with Crippen molar-refractivity contribution >= 4 is 27.3 Å². The van der Waals surface area contributed by atoms with Crippen molar-refractivity contribution in [3.05, 3.63) is 77.1 Å². The third-order valence-electron chi connectivity index (χ3n) is 4.52. The number of sulfonamides is 1. The summed E-state index contributed by atoms with van der Waals surface area (Å²) in [6.45, 7) is 4.76. The van der Waals surface area contributed by atoms with Crippen molar-refractivity contribution in [3.8, 4) is 0 Å². The van der Waals surface area contributed by atoms with E-state index < -0.39 is 10.0 Å². The molecule has 1 atom stereocenters. The van der Waals surface area contributed by atoms with E-state index >= 15 is 0 Å². The molecule has 0 saturated heterocycles. The second kappa shape index (κ2) is 8.15. The van der Waals surface area contributed by atoms with Gasteiger partial charge in [-0.2, -0.15) is 5.10 Å². The van der Waals surface area contributed by atoms with Gasteiger partial charge in [-0.15, -0.1) is 0 Å². The Morgan fingerprint density at radius 3 is 2.41 bits per heavy atom. The lowest BCUT2D eigenvalue weighted by atomic mass is 9.99. The number of nitrogens with zero attached hydrogens (tertiary/aromatic N) is 2. The first kappa shape index (κ1) is 19.5. The van der Waals surface area contributed by atoms with E-state index in [1.165, 1.54) is 6.20 Å². The van der Waals surface area contributed by atoms with Gasteiger partial charge in [0.15, 0.2) is 0 Å².